The summed E-state index contributed by atoms with van der Waals surface area (Å²) in [5.41, 5.74) is 2.04. The second kappa shape index (κ2) is 8.31. The van der Waals surface area contributed by atoms with E-state index in [2.05, 4.69) is 10.4 Å². The lowest BCUT2D eigenvalue weighted by molar-refractivity contribution is -0.124. The summed E-state index contributed by atoms with van der Waals surface area (Å²) in [4.78, 5) is 24.4. The summed E-state index contributed by atoms with van der Waals surface area (Å²) in [5, 5.41) is 7.56. The predicted octanol–water partition coefficient (Wildman–Crippen LogP) is 1.65. The zero-order valence-electron chi connectivity index (χ0n) is 15.9. The Balaban J connectivity index is 1.64. The molecule has 1 aromatic heterocycles. The van der Waals surface area contributed by atoms with Crippen molar-refractivity contribution in [2.75, 3.05) is 26.4 Å². The molecule has 2 aliphatic rings. The molecular weight excluding hydrogens is 334 g/mol. The Hall–Kier alpha value is -1.73. The van der Waals surface area contributed by atoms with E-state index in [-0.39, 0.29) is 24.3 Å². The van der Waals surface area contributed by atoms with Crippen LogP contribution in [0.4, 0.5) is 0 Å². The van der Waals surface area contributed by atoms with Gasteiger partial charge in [0.2, 0.25) is 5.91 Å². The largest absolute Gasteiger partial charge is 0.381 e. The molecule has 3 rings (SSSR count). The number of amides is 1. The fraction of sp³-hybridized carbons (Fsp3) is 0.737. The third-order valence-corrected chi connectivity index (χ3v) is 5.65. The molecule has 7 nitrogen and oxygen atoms in total. The molecule has 0 radical (unpaired) electrons. The average Bonchev–Trinajstić information content (AvgIpc) is 2.89. The number of ether oxygens (including phenoxy) is 2. The SMILES string of the molecule is CC(=O)c1c(C)nn(CC(=O)N[C@H]2CCOC[C@H]2C2CCOCC2)c1C. The van der Waals surface area contributed by atoms with Crippen LogP contribution in [-0.2, 0) is 20.8 Å². The van der Waals surface area contributed by atoms with Crippen LogP contribution in [0.3, 0.4) is 0 Å². The molecule has 2 atom stereocenters. The highest BCUT2D eigenvalue weighted by Gasteiger charge is 2.34. The van der Waals surface area contributed by atoms with Crippen molar-refractivity contribution in [1.82, 2.24) is 15.1 Å². The smallest absolute Gasteiger partial charge is 0.241 e. The first kappa shape index (κ1) is 19.0. The zero-order valence-corrected chi connectivity index (χ0v) is 15.9. The number of hydrogen-bond donors (Lipinski definition) is 1. The second-order valence-electron chi connectivity index (χ2n) is 7.41. The van der Waals surface area contributed by atoms with E-state index in [1.165, 1.54) is 6.92 Å². The molecule has 7 heteroatoms. The van der Waals surface area contributed by atoms with Gasteiger partial charge in [0.15, 0.2) is 5.78 Å². The quantitative estimate of drug-likeness (QED) is 0.805. The van der Waals surface area contributed by atoms with Gasteiger partial charge in [-0.3, -0.25) is 14.3 Å². The number of ketones is 1. The highest BCUT2D eigenvalue weighted by molar-refractivity contribution is 5.96. The third kappa shape index (κ3) is 4.15. The normalized spacial score (nSPS) is 24.4. The molecular formula is C19H29N3O4. The number of aryl methyl sites for hydroxylation is 1. The lowest BCUT2D eigenvalue weighted by atomic mass is 9.79. The molecule has 0 unspecified atom stereocenters. The van der Waals surface area contributed by atoms with Crippen LogP contribution < -0.4 is 5.32 Å². The van der Waals surface area contributed by atoms with Crippen LogP contribution in [0.5, 0.6) is 0 Å². The number of aromatic nitrogens is 2. The fourth-order valence-corrected chi connectivity index (χ4v) is 4.30. The minimum Gasteiger partial charge on any atom is -0.381 e. The molecule has 2 fully saturated rings. The first-order valence-corrected chi connectivity index (χ1v) is 9.47. The Morgan fingerprint density at radius 2 is 1.85 bits per heavy atom. The first-order valence-electron chi connectivity index (χ1n) is 9.47. The molecule has 0 spiro atoms. The van der Waals surface area contributed by atoms with Crippen molar-refractivity contribution in [3.05, 3.63) is 17.0 Å². The van der Waals surface area contributed by atoms with Crippen molar-refractivity contribution in [3.8, 4) is 0 Å². The van der Waals surface area contributed by atoms with Crippen LogP contribution >= 0.6 is 0 Å². The summed E-state index contributed by atoms with van der Waals surface area (Å²) < 4.78 is 12.8. The van der Waals surface area contributed by atoms with E-state index in [1.807, 2.05) is 6.92 Å². The van der Waals surface area contributed by atoms with E-state index in [9.17, 15) is 9.59 Å². The molecule has 1 aromatic rings. The number of hydrogen-bond acceptors (Lipinski definition) is 5. The minimum absolute atomic E-state index is 0.0179. The van der Waals surface area contributed by atoms with Gasteiger partial charge < -0.3 is 14.8 Å². The molecule has 0 aliphatic carbocycles. The maximum Gasteiger partial charge on any atom is 0.241 e. The van der Waals surface area contributed by atoms with Gasteiger partial charge >= 0.3 is 0 Å². The average molecular weight is 363 g/mol. The summed E-state index contributed by atoms with van der Waals surface area (Å²) in [7, 11) is 0. The lowest BCUT2D eigenvalue weighted by Crippen LogP contribution is -2.49. The summed E-state index contributed by atoms with van der Waals surface area (Å²) in [6, 6.07) is 0.128. The van der Waals surface area contributed by atoms with Gasteiger partial charge in [-0.15, -0.1) is 0 Å². The Kier molecular flexibility index (Phi) is 6.09. The van der Waals surface area contributed by atoms with Gasteiger partial charge in [-0.25, -0.2) is 0 Å². The van der Waals surface area contributed by atoms with Gasteiger partial charge in [0.1, 0.15) is 6.54 Å². The third-order valence-electron chi connectivity index (χ3n) is 5.65. The molecule has 0 bridgehead atoms. The van der Waals surface area contributed by atoms with Gasteiger partial charge in [0, 0.05) is 37.5 Å². The van der Waals surface area contributed by atoms with E-state index in [4.69, 9.17) is 9.47 Å². The van der Waals surface area contributed by atoms with Crippen LogP contribution in [0.15, 0.2) is 0 Å². The van der Waals surface area contributed by atoms with Crippen molar-refractivity contribution < 1.29 is 19.1 Å². The fourth-order valence-electron chi connectivity index (χ4n) is 4.30. The number of nitrogens with one attached hydrogen (secondary N) is 1. The monoisotopic (exact) mass is 363 g/mol. The summed E-state index contributed by atoms with van der Waals surface area (Å²) in [5.74, 6) is 0.794. The van der Waals surface area contributed by atoms with Crippen LogP contribution in [0.2, 0.25) is 0 Å². The number of Topliss-reactive ketones (excluding diaryl/α,β-unsaturated/α-hetero) is 1. The van der Waals surface area contributed by atoms with E-state index in [0.29, 0.717) is 36.3 Å². The van der Waals surface area contributed by atoms with Crippen LogP contribution in [0.25, 0.3) is 0 Å². The summed E-state index contributed by atoms with van der Waals surface area (Å²) >= 11 is 0. The number of carbonyl (C=O) groups is 2. The number of rotatable bonds is 5. The molecule has 26 heavy (non-hydrogen) atoms. The van der Waals surface area contributed by atoms with Crippen molar-refractivity contribution in [2.45, 2.75) is 52.6 Å². The number of nitrogens with zero attached hydrogens (tertiary/aromatic N) is 2. The summed E-state index contributed by atoms with van der Waals surface area (Å²) in [6.07, 6.45) is 2.89. The van der Waals surface area contributed by atoms with Crippen LogP contribution in [0, 0.1) is 25.7 Å². The van der Waals surface area contributed by atoms with E-state index >= 15 is 0 Å². The minimum atomic E-state index is -0.0605. The Morgan fingerprint density at radius 3 is 2.50 bits per heavy atom. The van der Waals surface area contributed by atoms with Gasteiger partial charge in [-0.05, 0) is 46.0 Å². The van der Waals surface area contributed by atoms with Gasteiger partial charge in [-0.1, -0.05) is 0 Å². The second-order valence-corrected chi connectivity index (χ2v) is 7.41. The molecule has 2 saturated heterocycles. The highest BCUT2D eigenvalue weighted by Crippen LogP contribution is 2.30. The maximum absolute atomic E-state index is 12.6. The van der Waals surface area contributed by atoms with E-state index < -0.39 is 0 Å². The Labute approximate surface area is 154 Å². The Morgan fingerprint density at radius 1 is 1.15 bits per heavy atom. The lowest BCUT2D eigenvalue weighted by Gasteiger charge is -2.39. The molecule has 2 aliphatic heterocycles. The van der Waals surface area contributed by atoms with Crippen molar-refractivity contribution in [1.29, 1.82) is 0 Å². The zero-order chi connectivity index (χ0) is 18.7. The standard InChI is InChI=1S/C19H29N3O4/c1-12-19(14(3)23)13(2)22(21-12)10-18(24)20-17-6-9-26-11-16(17)15-4-7-25-8-5-15/h15-17H,4-11H2,1-3H3,(H,20,24)/t16-,17-/m0/s1. The Bertz CT molecular complexity index is 664. The molecule has 0 aromatic carbocycles. The molecule has 144 valence electrons. The van der Waals surface area contributed by atoms with Crippen LogP contribution in [0.1, 0.15) is 47.9 Å². The molecule has 1 amide bonds. The highest BCUT2D eigenvalue weighted by atomic mass is 16.5. The van der Waals surface area contributed by atoms with Gasteiger partial charge in [0.05, 0.1) is 17.9 Å². The summed E-state index contributed by atoms with van der Waals surface area (Å²) in [6.45, 7) is 8.27. The molecule has 1 N–H and O–H groups in total. The van der Waals surface area contributed by atoms with Crippen LogP contribution in [-0.4, -0.2) is 53.9 Å². The van der Waals surface area contributed by atoms with Crippen molar-refractivity contribution in [2.24, 2.45) is 11.8 Å². The predicted molar refractivity (Wildman–Crippen MR) is 96.1 cm³/mol. The number of carbonyl (C=O) groups excluding carboxylic acids is 2. The van der Waals surface area contributed by atoms with E-state index in [0.717, 1.165) is 38.2 Å². The van der Waals surface area contributed by atoms with Gasteiger partial charge in [0.25, 0.3) is 0 Å². The van der Waals surface area contributed by atoms with Crippen molar-refractivity contribution in [3.63, 3.8) is 0 Å². The maximum atomic E-state index is 12.6. The first-order chi connectivity index (χ1) is 12.5. The van der Waals surface area contributed by atoms with Crippen molar-refractivity contribution >= 4 is 11.7 Å². The van der Waals surface area contributed by atoms with E-state index in [1.54, 1.807) is 11.6 Å². The van der Waals surface area contributed by atoms with Gasteiger partial charge in [-0.2, -0.15) is 5.10 Å². The topological polar surface area (TPSA) is 82.5 Å². The molecule has 3 heterocycles. The molecule has 0 saturated carbocycles.